The summed E-state index contributed by atoms with van der Waals surface area (Å²) in [6, 6.07) is 6.54. The fraction of sp³-hybridized carbons (Fsp3) is 0.485. The van der Waals surface area contributed by atoms with Crippen LogP contribution in [0.5, 0.6) is 0 Å². The quantitative estimate of drug-likeness (QED) is 0.172. The van der Waals surface area contributed by atoms with E-state index in [1.54, 1.807) is 41.5 Å². The summed E-state index contributed by atoms with van der Waals surface area (Å²) in [6.07, 6.45) is -2.38. The Morgan fingerprint density at radius 1 is 1.06 bits per heavy atom. The number of benzene rings is 2. The standard InChI is InChI=1S/C33H40Cl2F3N9O2/c1-32(2,3)30(49)39-15-18-7-12-22(34)28(27(18)35)44-31-43-23-13-21(29(48)42-20-10-8-19(9-11-20)33(36,37)38)24(14-25(23)46(31)5)45(4)16-26-40-17-41-47(26)6/h7,12-14,17,19-20H,8-11,15-16H2,1-6H3,(H,39,49)(H,42,48)(H,43,44). The van der Waals surface area contributed by atoms with Crippen molar-refractivity contribution in [3.05, 3.63) is 57.6 Å². The summed E-state index contributed by atoms with van der Waals surface area (Å²) in [7, 11) is 5.39. The summed E-state index contributed by atoms with van der Waals surface area (Å²) in [5.41, 5.74) is 2.54. The lowest BCUT2D eigenvalue weighted by Crippen LogP contribution is -2.40. The molecule has 2 amide bonds. The van der Waals surface area contributed by atoms with E-state index in [2.05, 4.69) is 26.0 Å². The van der Waals surface area contributed by atoms with Gasteiger partial charge in [-0.2, -0.15) is 18.3 Å². The van der Waals surface area contributed by atoms with E-state index in [1.165, 1.54) is 6.33 Å². The van der Waals surface area contributed by atoms with Gasteiger partial charge in [-0.3, -0.25) is 14.3 Å². The molecule has 0 atom stereocenters. The number of hydrogen-bond donors (Lipinski definition) is 3. The number of imidazole rings is 1. The van der Waals surface area contributed by atoms with Crippen LogP contribution in [0.3, 0.4) is 0 Å². The van der Waals surface area contributed by atoms with E-state index in [0.29, 0.717) is 61.9 Å². The highest BCUT2D eigenvalue weighted by atomic mass is 35.5. The Morgan fingerprint density at radius 3 is 2.37 bits per heavy atom. The highest BCUT2D eigenvalue weighted by Gasteiger charge is 2.41. The molecule has 0 bridgehead atoms. The van der Waals surface area contributed by atoms with Crippen molar-refractivity contribution in [3.8, 4) is 0 Å². The zero-order valence-corrected chi connectivity index (χ0v) is 29.7. The van der Waals surface area contributed by atoms with Crippen LogP contribution in [0.2, 0.25) is 10.0 Å². The summed E-state index contributed by atoms with van der Waals surface area (Å²) in [4.78, 5) is 37.2. The number of rotatable bonds is 9. The third-order valence-electron chi connectivity index (χ3n) is 8.89. The first-order chi connectivity index (χ1) is 22.9. The Bertz CT molecular complexity index is 1860. The molecule has 2 aromatic carbocycles. The molecule has 1 aliphatic rings. The molecule has 2 aromatic heterocycles. The Balaban J connectivity index is 1.46. The highest BCUT2D eigenvalue weighted by molar-refractivity contribution is 6.39. The smallest absolute Gasteiger partial charge is 0.366 e. The zero-order chi connectivity index (χ0) is 35.8. The van der Waals surface area contributed by atoms with Gasteiger partial charge in [0.2, 0.25) is 11.9 Å². The molecular formula is C33H40Cl2F3N9O2. The first kappa shape index (κ1) is 36.2. The van der Waals surface area contributed by atoms with Crippen LogP contribution in [0.1, 0.15) is 68.2 Å². The number of hydrogen-bond acceptors (Lipinski definition) is 7. The summed E-state index contributed by atoms with van der Waals surface area (Å²) in [6.45, 7) is 5.98. The molecule has 1 fully saturated rings. The van der Waals surface area contributed by atoms with Crippen LogP contribution in [0.4, 0.5) is 30.5 Å². The van der Waals surface area contributed by atoms with Crippen LogP contribution in [-0.2, 0) is 32.0 Å². The number of carbonyl (C=O) groups excluding carboxylic acids is 2. The lowest BCUT2D eigenvalue weighted by atomic mass is 9.85. The van der Waals surface area contributed by atoms with Crippen molar-refractivity contribution in [1.82, 2.24) is 34.9 Å². The van der Waals surface area contributed by atoms with Crippen molar-refractivity contribution in [2.24, 2.45) is 25.4 Å². The van der Waals surface area contributed by atoms with Crippen molar-refractivity contribution in [3.63, 3.8) is 0 Å². The van der Waals surface area contributed by atoms with E-state index in [4.69, 9.17) is 28.2 Å². The number of halogens is 5. The van der Waals surface area contributed by atoms with Crippen molar-refractivity contribution in [1.29, 1.82) is 0 Å². The van der Waals surface area contributed by atoms with E-state index < -0.39 is 23.4 Å². The van der Waals surface area contributed by atoms with E-state index >= 15 is 0 Å². The third-order valence-corrected chi connectivity index (χ3v) is 9.64. The van der Waals surface area contributed by atoms with Gasteiger partial charge in [-0.05, 0) is 49.4 Å². The largest absolute Gasteiger partial charge is 0.391 e. The Kier molecular flexibility index (Phi) is 10.4. The molecule has 11 nitrogen and oxygen atoms in total. The SMILES string of the molecule is CN(Cc1ncnn1C)c1cc2c(cc1C(=O)NC1CCC(C(F)(F)F)CC1)nc(Nc1c(Cl)ccc(CNC(=O)C(C)(C)C)c1Cl)n2C. The van der Waals surface area contributed by atoms with Gasteiger partial charge >= 0.3 is 6.18 Å². The number of aromatic nitrogens is 5. The third kappa shape index (κ3) is 8.07. The average molecular weight is 723 g/mol. The van der Waals surface area contributed by atoms with Crippen LogP contribution in [0.25, 0.3) is 11.0 Å². The molecule has 1 saturated carbocycles. The topological polar surface area (TPSA) is 122 Å². The summed E-state index contributed by atoms with van der Waals surface area (Å²) in [5, 5.41) is 13.9. The number of alkyl halides is 3. The number of amides is 2. The monoisotopic (exact) mass is 721 g/mol. The van der Waals surface area contributed by atoms with Gasteiger partial charge in [-0.1, -0.05) is 50.0 Å². The Morgan fingerprint density at radius 2 is 1.76 bits per heavy atom. The van der Waals surface area contributed by atoms with Crippen LogP contribution in [0.15, 0.2) is 30.6 Å². The van der Waals surface area contributed by atoms with Crippen LogP contribution in [0, 0.1) is 11.3 Å². The number of fused-ring (bicyclic) bond motifs is 1. The molecule has 0 saturated heterocycles. The Hall–Kier alpha value is -4.04. The molecule has 49 heavy (non-hydrogen) atoms. The Labute approximate surface area is 292 Å². The van der Waals surface area contributed by atoms with Gasteiger partial charge in [0.1, 0.15) is 12.2 Å². The number of nitrogens with one attached hydrogen (secondary N) is 3. The first-order valence-corrected chi connectivity index (χ1v) is 16.6. The van der Waals surface area contributed by atoms with E-state index in [1.807, 2.05) is 38.8 Å². The van der Waals surface area contributed by atoms with Crippen molar-refractivity contribution in [2.45, 2.75) is 71.8 Å². The molecular weight excluding hydrogens is 682 g/mol. The van der Waals surface area contributed by atoms with Crippen LogP contribution < -0.4 is 20.9 Å². The minimum atomic E-state index is -4.24. The number of anilines is 3. The van der Waals surface area contributed by atoms with Gasteiger partial charge in [0, 0.05) is 39.1 Å². The van der Waals surface area contributed by atoms with Crippen molar-refractivity contribution < 1.29 is 22.8 Å². The van der Waals surface area contributed by atoms with Gasteiger partial charge in [0.25, 0.3) is 5.91 Å². The van der Waals surface area contributed by atoms with Gasteiger partial charge in [-0.25, -0.2) is 9.97 Å². The van der Waals surface area contributed by atoms with E-state index in [-0.39, 0.29) is 44.2 Å². The average Bonchev–Trinajstić information content (AvgIpc) is 3.57. The fourth-order valence-corrected chi connectivity index (χ4v) is 6.36. The van der Waals surface area contributed by atoms with Gasteiger partial charge in [0.15, 0.2) is 0 Å². The zero-order valence-electron chi connectivity index (χ0n) is 28.2. The van der Waals surface area contributed by atoms with E-state index in [0.717, 1.165) is 0 Å². The van der Waals surface area contributed by atoms with Gasteiger partial charge < -0.3 is 25.4 Å². The van der Waals surface area contributed by atoms with Crippen molar-refractivity contribution >= 4 is 63.4 Å². The number of carbonyl (C=O) groups is 2. The molecule has 3 N–H and O–H groups in total. The molecule has 0 spiro atoms. The lowest BCUT2D eigenvalue weighted by Gasteiger charge is -2.30. The predicted octanol–water partition coefficient (Wildman–Crippen LogP) is 6.90. The first-order valence-electron chi connectivity index (χ1n) is 15.9. The number of aryl methyl sites for hydroxylation is 2. The van der Waals surface area contributed by atoms with Crippen LogP contribution >= 0.6 is 23.2 Å². The molecule has 16 heteroatoms. The molecule has 0 aliphatic heterocycles. The molecule has 264 valence electrons. The molecule has 0 radical (unpaired) electrons. The summed E-state index contributed by atoms with van der Waals surface area (Å²) < 4.78 is 43.2. The highest BCUT2D eigenvalue weighted by Crippen LogP contribution is 2.39. The maximum absolute atomic E-state index is 13.8. The van der Waals surface area contributed by atoms with Gasteiger partial charge in [-0.15, -0.1) is 0 Å². The van der Waals surface area contributed by atoms with E-state index in [9.17, 15) is 22.8 Å². The van der Waals surface area contributed by atoms with Crippen LogP contribution in [-0.4, -0.2) is 55.4 Å². The molecule has 5 rings (SSSR count). The second kappa shape index (κ2) is 14.1. The molecule has 1 aliphatic carbocycles. The summed E-state index contributed by atoms with van der Waals surface area (Å²) in [5.74, 6) is -0.839. The molecule has 4 aromatic rings. The molecule has 0 unspecified atom stereocenters. The minimum Gasteiger partial charge on any atom is -0.366 e. The lowest BCUT2D eigenvalue weighted by molar-refractivity contribution is -0.182. The minimum absolute atomic E-state index is 0.0308. The fourth-order valence-electron chi connectivity index (χ4n) is 5.82. The second-order valence-corrected chi connectivity index (χ2v) is 14.3. The summed E-state index contributed by atoms with van der Waals surface area (Å²) >= 11 is 13.4. The maximum Gasteiger partial charge on any atom is 0.391 e. The maximum atomic E-state index is 13.8. The molecule has 2 heterocycles. The predicted molar refractivity (Wildman–Crippen MR) is 184 cm³/mol. The number of nitrogens with zero attached hydrogens (tertiary/aromatic N) is 6. The second-order valence-electron chi connectivity index (χ2n) is 13.5. The van der Waals surface area contributed by atoms with Crippen molar-refractivity contribution in [2.75, 3.05) is 17.3 Å². The normalized spacial score (nSPS) is 16.9. The van der Waals surface area contributed by atoms with Gasteiger partial charge in [0.05, 0.1) is 50.5 Å².